The molecular formula is C15H14FN3S. The Bertz CT molecular complexity index is 754. The molecule has 0 aliphatic heterocycles. The largest absolute Gasteiger partial charge is 0.395 e. The van der Waals surface area contributed by atoms with Gasteiger partial charge in [-0.2, -0.15) is 0 Å². The maximum atomic E-state index is 13.8. The standard InChI is InChI=1S/C15H14FN3S/c1-9(10-4-2-3-5-11(10)16)19-12-6-7-13-15(14(12)17)18-8-20-13/h2-9,19H,17H2,1H3. The van der Waals surface area contributed by atoms with Crippen LogP contribution in [0.2, 0.25) is 0 Å². The van der Waals surface area contributed by atoms with Crippen LogP contribution >= 0.6 is 11.3 Å². The van der Waals surface area contributed by atoms with E-state index in [2.05, 4.69) is 10.3 Å². The third kappa shape index (κ3) is 2.20. The molecule has 0 radical (unpaired) electrons. The average Bonchev–Trinajstić information content (AvgIpc) is 2.91. The summed E-state index contributed by atoms with van der Waals surface area (Å²) in [5.41, 5.74) is 10.7. The van der Waals surface area contributed by atoms with Gasteiger partial charge >= 0.3 is 0 Å². The van der Waals surface area contributed by atoms with Crippen LogP contribution in [-0.2, 0) is 0 Å². The second-order valence-corrected chi connectivity index (χ2v) is 5.50. The Morgan fingerprint density at radius 3 is 2.85 bits per heavy atom. The number of anilines is 2. The Kier molecular flexibility index (Phi) is 3.28. The summed E-state index contributed by atoms with van der Waals surface area (Å²) in [4.78, 5) is 4.26. The van der Waals surface area contributed by atoms with Gasteiger partial charge in [-0.1, -0.05) is 18.2 Å². The molecule has 3 nitrogen and oxygen atoms in total. The molecule has 1 aromatic heterocycles. The number of thiazole rings is 1. The van der Waals surface area contributed by atoms with Gasteiger partial charge in [0.05, 0.1) is 27.6 Å². The topological polar surface area (TPSA) is 50.9 Å². The number of nitrogens with two attached hydrogens (primary N) is 1. The first-order valence-electron chi connectivity index (χ1n) is 6.29. The lowest BCUT2D eigenvalue weighted by Crippen LogP contribution is -2.10. The zero-order valence-electron chi connectivity index (χ0n) is 10.9. The molecule has 1 heterocycles. The number of nitrogens with zero attached hydrogens (tertiary/aromatic N) is 1. The minimum absolute atomic E-state index is 0.172. The number of aromatic nitrogens is 1. The Labute approximate surface area is 120 Å². The summed E-state index contributed by atoms with van der Waals surface area (Å²) in [6.07, 6.45) is 0. The third-order valence-electron chi connectivity index (χ3n) is 3.29. The number of halogens is 1. The smallest absolute Gasteiger partial charge is 0.128 e. The van der Waals surface area contributed by atoms with E-state index >= 15 is 0 Å². The fourth-order valence-corrected chi connectivity index (χ4v) is 2.91. The number of nitrogens with one attached hydrogen (secondary N) is 1. The molecule has 0 aliphatic rings. The SMILES string of the molecule is CC(Nc1ccc2scnc2c1N)c1ccccc1F. The van der Waals surface area contributed by atoms with Crippen molar-refractivity contribution in [2.75, 3.05) is 11.1 Å². The molecule has 20 heavy (non-hydrogen) atoms. The van der Waals surface area contributed by atoms with Gasteiger partial charge in [-0.15, -0.1) is 11.3 Å². The summed E-state index contributed by atoms with van der Waals surface area (Å²) >= 11 is 1.55. The van der Waals surface area contributed by atoms with Gasteiger partial charge in [0.1, 0.15) is 11.3 Å². The Hall–Kier alpha value is -2.14. The molecule has 1 atom stereocenters. The number of benzene rings is 2. The average molecular weight is 287 g/mol. The summed E-state index contributed by atoms with van der Waals surface area (Å²) in [6, 6.07) is 10.4. The van der Waals surface area contributed by atoms with Crippen molar-refractivity contribution in [1.82, 2.24) is 4.98 Å². The maximum Gasteiger partial charge on any atom is 0.128 e. The summed E-state index contributed by atoms with van der Waals surface area (Å²) in [5, 5.41) is 3.25. The molecule has 0 spiro atoms. The molecule has 0 aliphatic carbocycles. The highest BCUT2D eigenvalue weighted by Gasteiger charge is 2.13. The first kappa shape index (κ1) is 12.9. The number of fused-ring (bicyclic) bond motifs is 1. The predicted octanol–water partition coefficient (Wildman–Crippen LogP) is 4.19. The number of hydrogen-bond acceptors (Lipinski definition) is 4. The molecule has 0 bridgehead atoms. The van der Waals surface area contributed by atoms with Crippen LogP contribution < -0.4 is 11.1 Å². The zero-order valence-corrected chi connectivity index (χ0v) is 11.7. The minimum Gasteiger partial charge on any atom is -0.395 e. The summed E-state index contributed by atoms with van der Waals surface area (Å²) < 4.78 is 14.8. The molecule has 3 aromatic rings. The van der Waals surface area contributed by atoms with E-state index in [9.17, 15) is 4.39 Å². The highest BCUT2D eigenvalue weighted by molar-refractivity contribution is 7.16. The molecule has 5 heteroatoms. The van der Waals surface area contributed by atoms with Gasteiger partial charge in [0, 0.05) is 5.56 Å². The molecule has 2 aromatic carbocycles. The molecule has 0 amide bonds. The highest BCUT2D eigenvalue weighted by Crippen LogP contribution is 2.32. The van der Waals surface area contributed by atoms with Crippen LogP contribution in [0.1, 0.15) is 18.5 Å². The molecule has 102 valence electrons. The summed E-state index contributed by atoms with van der Waals surface area (Å²) in [7, 11) is 0. The van der Waals surface area contributed by atoms with E-state index in [4.69, 9.17) is 5.73 Å². The van der Waals surface area contributed by atoms with Gasteiger partial charge in [0.2, 0.25) is 0 Å². The molecule has 0 saturated heterocycles. The predicted molar refractivity (Wildman–Crippen MR) is 82.5 cm³/mol. The fraction of sp³-hybridized carbons (Fsp3) is 0.133. The van der Waals surface area contributed by atoms with E-state index in [-0.39, 0.29) is 11.9 Å². The molecule has 3 N–H and O–H groups in total. The summed E-state index contributed by atoms with van der Waals surface area (Å²) in [6.45, 7) is 1.91. The van der Waals surface area contributed by atoms with Gasteiger partial charge in [0.25, 0.3) is 0 Å². The fourth-order valence-electron chi connectivity index (χ4n) is 2.22. The highest BCUT2D eigenvalue weighted by atomic mass is 32.1. The number of nitrogen functional groups attached to an aromatic ring is 1. The van der Waals surface area contributed by atoms with Crippen molar-refractivity contribution in [2.45, 2.75) is 13.0 Å². The van der Waals surface area contributed by atoms with Gasteiger partial charge in [-0.3, -0.25) is 0 Å². The van der Waals surface area contributed by atoms with E-state index in [0.717, 1.165) is 15.9 Å². The van der Waals surface area contributed by atoms with Crippen LogP contribution in [0.15, 0.2) is 41.9 Å². The first-order chi connectivity index (χ1) is 9.66. The molecular weight excluding hydrogens is 273 g/mol. The van der Waals surface area contributed by atoms with E-state index in [0.29, 0.717) is 11.3 Å². The lowest BCUT2D eigenvalue weighted by Gasteiger charge is -2.17. The van der Waals surface area contributed by atoms with Crippen molar-refractivity contribution in [3.63, 3.8) is 0 Å². The minimum atomic E-state index is -0.221. The Morgan fingerprint density at radius 2 is 2.05 bits per heavy atom. The molecule has 0 fully saturated rings. The van der Waals surface area contributed by atoms with E-state index in [1.165, 1.54) is 6.07 Å². The van der Waals surface area contributed by atoms with Gasteiger partial charge < -0.3 is 11.1 Å². The van der Waals surface area contributed by atoms with Gasteiger partial charge in [-0.05, 0) is 25.1 Å². The van der Waals surface area contributed by atoms with Crippen LogP contribution in [0.5, 0.6) is 0 Å². The van der Waals surface area contributed by atoms with Crippen molar-refractivity contribution >= 4 is 32.9 Å². The lowest BCUT2D eigenvalue weighted by atomic mass is 10.1. The number of hydrogen-bond donors (Lipinski definition) is 2. The van der Waals surface area contributed by atoms with Crippen LogP contribution in [-0.4, -0.2) is 4.98 Å². The summed E-state index contributed by atoms with van der Waals surface area (Å²) in [5.74, 6) is -0.221. The van der Waals surface area contributed by atoms with Crippen molar-refractivity contribution in [3.8, 4) is 0 Å². The molecule has 3 rings (SSSR count). The zero-order chi connectivity index (χ0) is 14.1. The Balaban J connectivity index is 1.93. The van der Waals surface area contributed by atoms with Crippen LogP contribution in [0.25, 0.3) is 10.2 Å². The van der Waals surface area contributed by atoms with Crippen molar-refractivity contribution in [1.29, 1.82) is 0 Å². The van der Waals surface area contributed by atoms with Crippen molar-refractivity contribution in [3.05, 3.63) is 53.3 Å². The third-order valence-corrected chi connectivity index (χ3v) is 4.08. The van der Waals surface area contributed by atoms with Crippen LogP contribution in [0, 0.1) is 5.82 Å². The first-order valence-corrected chi connectivity index (χ1v) is 7.17. The van der Waals surface area contributed by atoms with Crippen LogP contribution in [0.3, 0.4) is 0 Å². The second kappa shape index (κ2) is 5.09. The molecule has 1 unspecified atom stereocenters. The maximum absolute atomic E-state index is 13.8. The van der Waals surface area contributed by atoms with Crippen molar-refractivity contribution in [2.24, 2.45) is 0 Å². The quantitative estimate of drug-likeness (QED) is 0.710. The lowest BCUT2D eigenvalue weighted by molar-refractivity contribution is 0.600. The van der Waals surface area contributed by atoms with E-state index < -0.39 is 0 Å². The van der Waals surface area contributed by atoms with E-state index in [1.54, 1.807) is 29.0 Å². The monoisotopic (exact) mass is 287 g/mol. The molecule has 0 saturated carbocycles. The van der Waals surface area contributed by atoms with E-state index in [1.807, 2.05) is 25.1 Å². The van der Waals surface area contributed by atoms with Gasteiger partial charge in [0.15, 0.2) is 0 Å². The van der Waals surface area contributed by atoms with Crippen LogP contribution in [0.4, 0.5) is 15.8 Å². The Morgan fingerprint density at radius 1 is 1.25 bits per heavy atom. The second-order valence-electron chi connectivity index (χ2n) is 4.61. The number of rotatable bonds is 3. The normalized spacial score (nSPS) is 12.5. The van der Waals surface area contributed by atoms with Gasteiger partial charge in [-0.25, -0.2) is 9.37 Å². The van der Waals surface area contributed by atoms with Crippen molar-refractivity contribution < 1.29 is 4.39 Å².